The largest absolute Gasteiger partial charge is 0.396 e. The Morgan fingerprint density at radius 1 is 1.17 bits per heavy atom. The van der Waals surface area contributed by atoms with Gasteiger partial charge in [0.05, 0.1) is 5.69 Å². The molecule has 2 rings (SSSR count). The number of hydrogen-bond acceptors (Lipinski definition) is 6. The van der Waals surface area contributed by atoms with Crippen molar-refractivity contribution in [2.24, 2.45) is 21.7 Å². The number of nitrogen functional groups attached to an aromatic ring is 1. The average Bonchev–Trinajstić information content (AvgIpc) is 2.52. The van der Waals surface area contributed by atoms with Crippen molar-refractivity contribution in [3.63, 3.8) is 0 Å². The van der Waals surface area contributed by atoms with Crippen LogP contribution in [-0.2, 0) is 0 Å². The highest BCUT2D eigenvalue weighted by Gasteiger charge is 2.17. The van der Waals surface area contributed by atoms with Gasteiger partial charge in [-0.3, -0.25) is 4.84 Å². The first-order chi connectivity index (χ1) is 11.4. The fourth-order valence-electron chi connectivity index (χ4n) is 1.92. The molecule has 0 unspecified atom stereocenters. The Hall–Kier alpha value is -3.33. The van der Waals surface area contributed by atoms with Crippen LogP contribution in [0.5, 0.6) is 5.75 Å². The minimum absolute atomic E-state index is 0.0236. The Morgan fingerprint density at radius 2 is 1.83 bits per heavy atom. The molecule has 0 aromatic heterocycles. The number of anilines is 1. The summed E-state index contributed by atoms with van der Waals surface area (Å²) in [6, 6.07) is 11.6. The zero-order chi connectivity index (χ0) is 17.7. The first-order valence-electron chi connectivity index (χ1n) is 6.52. The van der Waals surface area contributed by atoms with Gasteiger partial charge < -0.3 is 17.2 Å². The molecule has 0 aliphatic heterocycles. The molecule has 0 spiro atoms. The highest BCUT2D eigenvalue weighted by Crippen LogP contribution is 2.32. The van der Waals surface area contributed by atoms with Gasteiger partial charge in [0.2, 0.25) is 5.96 Å². The third kappa shape index (κ3) is 4.11. The number of halogens is 1. The van der Waals surface area contributed by atoms with Crippen LogP contribution in [0.1, 0.15) is 11.1 Å². The molecule has 0 aliphatic carbocycles. The van der Waals surface area contributed by atoms with Crippen LogP contribution < -0.4 is 22.0 Å². The number of guanidine groups is 1. The smallest absolute Gasteiger partial charge is 0.299 e. The van der Waals surface area contributed by atoms with Gasteiger partial charge in [-0.2, -0.15) is 0 Å². The minimum atomic E-state index is -0.985. The Bertz CT molecular complexity index is 819. The third-order valence-electron chi connectivity index (χ3n) is 2.85. The van der Waals surface area contributed by atoms with Gasteiger partial charge in [0.15, 0.2) is 0 Å². The van der Waals surface area contributed by atoms with Crippen LogP contribution in [0.3, 0.4) is 0 Å². The molecule has 9 nitrogen and oxygen atoms in total. The fourth-order valence-corrected chi connectivity index (χ4v) is 2.12. The maximum Gasteiger partial charge on any atom is 0.299 e. The molecule has 0 fully saturated rings. The molecule has 24 heavy (non-hydrogen) atoms. The maximum atomic E-state index is 10.6. The summed E-state index contributed by atoms with van der Waals surface area (Å²) in [5.74, 6) is -0.471. The summed E-state index contributed by atoms with van der Waals surface area (Å²) in [4.78, 5) is 15.0. The maximum absolute atomic E-state index is 10.6. The lowest BCUT2D eigenvalue weighted by atomic mass is 10.0. The molecular formula is C14H13ClN6O3. The summed E-state index contributed by atoms with van der Waals surface area (Å²) in [5, 5.41) is 17.4. The van der Waals surface area contributed by atoms with Crippen molar-refractivity contribution in [3.8, 4) is 5.75 Å². The van der Waals surface area contributed by atoms with Gasteiger partial charge in [-0.05, 0) is 12.1 Å². The van der Waals surface area contributed by atoms with Crippen molar-refractivity contribution < 1.29 is 9.92 Å². The molecule has 0 bridgehead atoms. The zero-order valence-corrected chi connectivity index (χ0v) is 13.0. The SMILES string of the molecule is NC(N)=N/N=C(\c1ccccc1)c1cc(Cl)cc(O[N+](=O)[O-])c1N. The Morgan fingerprint density at radius 3 is 2.42 bits per heavy atom. The van der Waals surface area contributed by atoms with E-state index in [0.29, 0.717) is 5.56 Å². The van der Waals surface area contributed by atoms with Gasteiger partial charge in [0.25, 0.3) is 5.09 Å². The standard InChI is InChI=1S/C14H13ClN6O3/c15-9-6-10(12(16)11(7-9)24-21(22)23)13(19-20-14(17)18)8-4-2-1-3-5-8/h1-7H,16H2,(H4,17,18,20)/b19-13+. The average molecular weight is 349 g/mol. The molecule has 0 aliphatic rings. The number of nitrogens with two attached hydrogens (primary N) is 3. The van der Waals surface area contributed by atoms with E-state index in [4.69, 9.17) is 28.8 Å². The van der Waals surface area contributed by atoms with Gasteiger partial charge in [0.1, 0.15) is 11.5 Å². The van der Waals surface area contributed by atoms with Crippen molar-refractivity contribution >= 4 is 29.0 Å². The first kappa shape index (κ1) is 17.0. The highest BCUT2D eigenvalue weighted by atomic mass is 35.5. The van der Waals surface area contributed by atoms with E-state index in [1.165, 1.54) is 12.1 Å². The van der Waals surface area contributed by atoms with E-state index < -0.39 is 5.09 Å². The molecule has 2 aromatic carbocycles. The molecule has 0 atom stereocenters. The van der Waals surface area contributed by atoms with Crippen LogP contribution in [0, 0.1) is 10.1 Å². The number of benzene rings is 2. The van der Waals surface area contributed by atoms with Crippen molar-refractivity contribution in [1.29, 1.82) is 0 Å². The van der Waals surface area contributed by atoms with Gasteiger partial charge >= 0.3 is 0 Å². The predicted molar refractivity (Wildman–Crippen MR) is 91.4 cm³/mol. The Kier molecular flexibility index (Phi) is 5.17. The molecule has 10 heteroatoms. The zero-order valence-electron chi connectivity index (χ0n) is 12.2. The van der Waals surface area contributed by atoms with Crippen LogP contribution in [0.25, 0.3) is 0 Å². The summed E-state index contributed by atoms with van der Waals surface area (Å²) < 4.78 is 0. The molecule has 124 valence electrons. The van der Waals surface area contributed by atoms with E-state index in [1.807, 2.05) is 6.07 Å². The lowest BCUT2D eigenvalue weighted by Crippen LogP contribution is -2.22. The van der Waals surface area contributed by atoms with E-state index in [0.717, 1.165) is 0 Å². The predicted octanol–water partition coefficient (Wildman–Crippen LogP) is 1.52. The molecule has 0 heterocycles. The van der Waals surface area contributed by atoms with Crippen LogP contribution in [0.2, 0.25) is 5.02 Å². The minimum Gasteiger partial charge on any atom is -0.396 e. The highest BCUT2D eigenvalue weighted by molar-refractivity contribution is 6.32. The number of hydrogen-bond donors (Lipinski definition) is 3. The molecule has 0 amide bonds. The lowest BCUT2D eigenvalue weighted by molar-refractivity contribution is -0.710. The normalized spacial score (nSPS) is 11.0. The second-order valence-electron chi connectivity index (χ2n) is 4.52. The Balaban J connectivity index is 2.67. The summed E-state index contributed by atoms with van der Waals surface area (Å²) in [6.07, 6.45) is 0. The number of rotatable bonds is 5. The second kappa shape index (κ2) is 7.29. The van der Waals surface area contributed by atoms with Gasteiger partial charge in [-0.25, -0.2) is 0 Å². The van der Waals surface area contributed by atoms with Crippen molar-refractivity contribution in [2.75, 3.05) is 5.73 Å². The summed E-state index contributed by atoms with van der Waals surface area (Å²) in [7, 11) is 0. The summed E-state index contributed by atoms with van der Waals surface area (Å²) in [5.41, 5.74) is 17.8. The van der Waals surface area contributed by atoms with E-state index in [1.54, 1.807) is 24.3 Å². The number of nitrogens with zero attached hydrogens (tertiary/aromatic N) is 3. The molecule has 2 aromatic rings. The first-order valence-corrected chi connectivity index (χ1v) is 6.90. The van der Waals surface area contributed by atoms with Gasteiger partial charge in [0, 0.05) is 16.1 Å². The topological polar surface area (TPSA) is 155 Å². The van der Waals surface area contributed by atoms with Crippen LogP contribution in [-0.4, -0.2) is 16.8 Å². The van der Waals surface area contributed by atoms with E-state index in [2.05, 4.69) is 15.0 Å². The van der Waals surface area contributed by atoms with E-state index in [-0.39, 0.29) is 33.7 Å². The molecule has 6 N–H and O–H groups in total. The van der Waals surface area contributed by atoms with Crippen molar-refractivity contribution in [2.45, 2.75) is 0 Å². The van der Waals surface area contributed by atoms with Crippen molar-refractivity contribution in [3.05, 3.63) is 68.7 Å². The molecule has 0 radical (unpaired) electrons. The molecule has 0 saturated heterocycles. The monoisotopic (exact) mass is 348 g/mol. The van der Waals surface area contributed by atoms with Crippen molar-refractivity contribution in [1.82, 2.24) is 0 Å². The Labute approximate surface area is 141 Å². The van der Waals surface area contributed by atoms with E-state index >= 15 is 0 Å². The molecular weight excluding hydrogens is 336 g/mol. The summed E-state index contributed by atoms with van der Waals surface area (Å²) in [6.45, 7) is 0. The quantitative estimate of drug-likeness (QED) is 0.244. The van der Waals surface area contributed by atoms with E-state index in [9.17, 15) is 10.1 Å². The van der Waals surface area contributed by atoms with Crippen LogP contribution in [0.15, 0.2) is 52.7 Å². The van der Waals surface area contributed by atoms with Gasteiger partial charge in [-0.1, -0.05) is 41.9 Å². The fraction of sp³-hybridized carbons (Fsp3) is 0. The second-order valence-corrected chi connectivity index (χ2v) is 4.96. The van der Waals surface area contributed by atoms with Gasteiger partial charge in [-0.15, -0.1) is 20.3 Å². The third-order valence-corrected chi connectivity index (χ3v) is 3.07. The van der Waals surface area contributed by atoms with Crippen LogP contribution in [0.4, 0.5) is 5.69 Å². The molecule has 0 saturated carbocycles. The van der Waals surface area contributed by atoms with Crippen LogP contribution >= 0.6 is 11.6 Å². The summed E-state index contributed by atoms with van der Waals surface area (Å²) >= 11 is 6.00. The lowest BCUT2D eigenvalue weighted by Gasteiger charge is -2.12.